The fourth-order valence-corrected chi connectivity index (χ4v) is 0. The first-order valence-corrected chi connectivity index (χ1v) is 2.11. The van der Waals surface area contributed by atoms with Crippen molar-refractivity contribution in [1.29, 1.82) is 0 Å². The second kappa shape index (κ2) is 5.03. The Morgan fingerprint density at radius 3 is 1.25 bits per heavy atom. The van der Waals surface area contributed by atoms with Crippen molar-refractivity contribution in [3.8, 4) is 0 Å². The van der Waals surface area contributed by atoms with Crippen molar-refractivity contribution in [2.24, 2.45) is 0 Å². The highest BCUT2D eigenvalue weighted by Crippen LogP contribution is 2.02. The van der Waals surface area contributed by atoms with Crippen LogP contribution in [0.25, 0.3) is 0 Å². The Balaban J connectivity index is -0.000000125. The Morgan fingerprint density at radius 1 is 1.12 bits per heavy atom. The second-order valence-electron chi connectivity index (χ2n) is 2.32. The van der Waals surface area contributed by atoms with E-state index in [4.69, 9.17) is 4.74 Å². The molecule has 0 rings (SSSR count). The zero-order valence-electron chi connectivity index (χ0n) is 6.12. The lowest BCUT2D eigenvalue weighted by atomic mass is 10.2. The van der Waals surface area contributed by atoms with Crippen molar-refractivity contribution >= 4 is 0 Å². The Bertz CT molecular complexity index is 40.2. The molecule has 0 spiro atoms. The van der Waals surface area contributed by atoms with Crippen LogP contribution in [-0.2, 0) is 4.74 Å². The third kappa shape index (κ3) is 16.9. The van der Waals surface area contributed by atoms with E-state index in [0.717, 1.165) is 0 Å². The van der Waals surface area contributed by atoms with E-state index >= 15 is 0 Å². The molecule has 3 heteroatoms. The van der Waals surface area contributed by atoms with Gasteiger partial charge < -0.3 is 16.4 Å². The molecule has 0 heterocycles. The Hall–Kier alpha value is -0.120. The molecule has 0 aliphatic carbocycles. The average Bonchev–Trinajstić information content (AvgIpc) is 1.35. The largest absolute Gasteiger partial charge is 0.412 e. The van der Waals surface area contributed by atoms with E-state index in [9.17, 15) is 0 Å². The van der Waals surface area contributed by atoms with Gasteiger partial charge in [0.15, 0.2) is 0 Å². The second-order valence-corrected chi connectivity index (χ2v) is 2.32. The first-order valence-electron chi connectivity index (χ1n) is 2.11. The molecule has 0 aromatic carbocycles. The van der Waals surface area contributed by atoms with Crippen LogP contribution in [0.5, 0.6) is 0 Å². The van der Waals surface area contributed by atoms with Gasteiger partial charge in [0.1, 0.15) is 0 Å². The molecule has 0 saturated heterocycles. The standard InChI is InChI=1S/C5H12O.H3N.H2O/c1-5(2,3)6-4;;/h1-4H3;1H3;1H2. The van der Waals surface area contributed by atoms with Crippen molar-refractivity contribution in [2.75, 3.05) is 7.11 Å². The first kappa shape index (κ1) is 15.7. The van der Waals surface area contributed by atoms with Gasteiger partial charge >= 0.3 is 0 Å². The average molecular weight is 123 g/mol. The first-order chi connectivity index (χ1) is 2.56. The third-order valence-corrected chi connectivity index (χ3v) is 0.612. The summed E-state index contributed by atoms with van der Waals surface area (Å²) in [4.78, 5) is 0. The van der Waals surface area contributed by atoms with Crippen LogP contribution >= 0.6 is 0 Å². The summed E-state index contributed by atoms with van der Waals surface area (Å²) >= 11 is 0. The molecule has 0 bridgehead atoms. The van der Waals surface area contributed by atoms with Crippen LogP contribution in [0.4, 0.5) is 0 Å². The molecule has 0 amide bonds. The highest BCUT2D eigenvalue weighted by atomic mass is 16.5. The predicted octanol–water partition coefficient (Wildman–Crippen LogP) is 0.769. The molecule has 0 aliphatic heterocycles. The summed E-state index contributed by atoms with van der Waals surface area (Å²) in [5.41, 5.74) is 0.0417. The van der Waals surface area contributed by atoms with Crippen LogP contribution in [0.2, 0.25) is 0 Å². The maximum atomic E-state index is 4.94. The normalized spacial score (nSPS) is 9.00. The summed E-state index contributed by atoms with van der Waals surface area (Å²) in [6.07, 6.45) is 0. The highest BCUT2D eigenvalue weighted by molar-refractivity contribution is 4.55. The minimum atomic E-state index is 0. The molecule has 0 aromatic rings. The number of ether oxygens (including phenoxy) is 1. The van der Waals surface area contributed by atoms with Crippen LogP contribution in [0.1, 0.15) is 20.8 Å². The van der Waals surface area contributed by atoms with E-state index < -0.39 is 0 Å². The van der Waals surface area contributed by atoms with Gasteiger partial charge in [0, 0.05) is 7.11 Å². The zero-order valence-corrected chi connectivity index (χ0v) is 6.12. The van der Waals surface area contributed by atoms with E-state index in [-0.39, 0.29) is 17.2 Å². The summed E-state index contributed by atoms with van der Waals surface area (Å²) in [6, 6.07) is 0. The Morgan fingerprint density at radius 2 is 1.25 bits per heavy atom. The molecular weight excluding hydrogens is 106 g/mol. The topological polar surface area (TPSA) is 75.7 Å². The minimum absolute atomic E-state index is 0. The van der Waals surface area contributed by atoms with E-state index in [1.54, 1.807) is 7.11 Å². The monoisotopic (exact) mass is 123 g/mol. The molecule has 0 aliphatic rings. The predicted molar refractivity (Wildman–Crippen MR) is 35.4 cm³/mol. The van der Waals surface area contributed by atoms with Crippen LogP contribution in [-0.4, -0.2) is 18.2 Å². The van der Waals surface area contributed by atoms with Gasteiger partial charge in [-0.25, -0.2) is 0 Å². The maximum Gasteiger partial charge on any atom is 0.0594 e. The van der Waals surface area contributed by atoms with Crippen molar-refractivity contribution in [2.45, 2.75) is 26.4 Å². The van der Waals surface area contributed by atoms with Gasteiger partial charge in [-0.3, -0.25) is 0 Å². The molecule has 0 fully saturated rings. The molecule has 0 atom stereocenters. The van der Waals surface area contributed by atoms with Crippen molar-refractivity contribution in [1.82, 2.24) is 6.15 Å². The number of hydrogen-bond donors (Lipinski definition) is 1. The van der Waals surface area contributed by atoms with E-state index in [1.165, 1.54) is 0 Å². The molecule has 0 unspecified atom stereocenters. The smallest absolute Gasteiger partial charge is 0.0594 e. The zero-order chi connectivity index (χ0) is 5.21. The van der Waals surface area contributed by atoms with Crippen molar-refractivity contribution in [3.05, 3.63) is 0 Å². The molecule has 0 radical (unpaired) electrons. The van der Waals surface area contributed by atoms with Gasteiger partial charge in [-0.15, -0.1) is 0 Å². The van der Waals surface area contributed by atoms with Gasteiger partial charge in [-0.2, -0.15) is 0 Å². The summed E-state index contributed by atoms with van der Waals surface area (Å²) in [7, 11) is 1.71. The Labute approximate surface area is 50.9 Å². The summed E-state index contributed by atoms with van der Waals surface area (Å²) in [6.45, 7) is 6.06. The number of hydrogen-bond acceptors (Lipinski definition) is 2. The fraction of sp³-hybridized carbons (Fsp3) is 1.00. The van der Waals surface area contributed by atoms with Crippen LogP contribution in [0, 0.1) is 0 Å². The molecule has 0 aromatic heterocycles. The summed E-state index contributed by atoms with van der Waals surface area (Å²) in [5, 5.41) is 0. The summed E-state index contributed by atoms with van der Waals surface area (Å²) < 4.78 is 4.94. The van der Waals surface area contributed by atoms with E-state index in [1.807, 2.05) is 20.8 Å². The van der Waals surface area contributed by atoms with Crippen LogP contribution in [0.3, 0.4) is 0 Å². The number of methoxy groups -OCH3 is 1. The van der Waals surface area contributed by atoms with Gasteiger partial charge in [0.05, 0.1) is 5.60 Å². The van der Waals surface area contributed by atoms with Gasteiger partial charge in [-0.05, 0) is 20.8 Å². The fourth-order valence-electron chi connectivity index (χ4n) is 0. The molecule has 0 saturated carbocycles. The molecule has 3 nitrogen and oxygen atoms in total. The maximum absolute atomic E-state index is 4.94. The van der Waals surface area contributed by atoms with Gasteiger partial charge in [-0.1, -0.05) is 0 Å². The third-order valence-electron chi connectivity index (χ3n) is 0.612. The molecule has 8 heavy (non-hydrogen) atoms. The lowest BCUT2D eigenvalue weighted by Gasteiger charge is -2.14. The molecule has 54 valence electrons. The van der Waals surface area contributed by atoms with Gasteiger partial charge in [0.25, 0.3) is 0 Å². The highest BCUT2D eigenvalue weighted by Gasteiger charge is 2.03. The Kier molecular flexibility index (Phi) is 9.84. The van der Waals surface area contributed by atoms with Crippen LogP contribution in [0.15, 0.2) is 0 Å². The number of rotatable bonds is 0. The SMILES string of the molecule is COC(C)(C)C.N.O. The quantitative estimate of drug-likeness (QED) is 0.516. The van der Waals surface area contributed by atoms with E-state index in [2.05, 4.69) is 0 Å². The molecule has 5 N–H and O–H groups in total. The van der Waals surface area contributed by atoms with E-state index in [0.29, 0.717) is 0 Å². The lowest BCUT2D eigenvalue weighted by molar-refractivity contribution is 0.0397. The van der Waals surface area contributed by atoms with Crippen molar-refractivity contribution < 1.29 is 10.2 Å². The molecular formula is C5H17NO2. The minimum Gasteiger partial charge on any atom is -0.412 e. The summed E-state index contributed by atoms with van der Waals surface area (Å²) in [5.74, 6) is 0. The lowest BCUT2D eigenvalue weighted by Crippen LogP contribution is -2.15. The van der Waals surface area contributed by atoms with Crippen LogP contribution < -0.4 is 6.15 Å². The van der Waals surface area contributed by atoms with Crippen molar-refractivity contribution in [3.63, 3.8) is 0 Å². The van der Waals surface area contributed by atoms with Gasteiger partial charge in [0.2, 0.25) is 0 Å².